The van der Waals surface area contributed by atoms with Crippen molar-refractivity contribution in [2.24, 2.45) is 0 Å². The summed E-state index contributed by atoms with van der Waals surface area (Å²) in [5, 5.41) is 9.85. The van der Waals surface area contributed by atoms with Gasteiger partial charge in [-0.1, -0.05) is 0 Å². The Balaban J connectivity index is 3.17. The number of fused-ring (bicyclic) bond motifs is 1. The van der Waals surface area contributed by atoms with E-state index in [-0.39, 0.29) is 0 Å². The summed E-state index contributed by atoms with van der Waals surface area (Å²) in [4.78, 5) is 6.37. The Morgan fingerprint density at radius 3 is 1.68 bits per heavy atom. The van der Waals surface area contributed by atoms with Gasteiger partial charge in [0.15, 0.2) is 4.90 Å². The van der Waals surface area contributed by atoms with Gasteiger partial charge in [-0.05, 0) is 23.6 Å². The number of hydrogen-bond acceptors (Lipinski definition) is 8. The first-order valence-corrected chi connectivity index (χ1v) is 10.1. The molecule has 0 saturated carbocycles. The highest BCUT2D eigenvalue weighted by Crippen LogP contribution is 2.34. The maximum absolute atomic E-state index is 11.4. The van der Waals surface area contributed by atoms with Crippen LogP contribution in [0.25, 0.3) is 10.8 Å². The van der Waals surface area contributed by atoms with Crippen LogP contribution in [0.3, 0.4) is 0 Å². The van der Waals surface area contributed by atoms with Crippen LogP contribution in [0.15, 0.2) is 39.0 Å². The number of benzene rings is 2. The van der Waals surface area contributed by atoms with E-state index in [2.05, 4.69) is 0 Å². The van der Waals surface area contributed by atoms with Crippen LogP contribution in [0.1, 0.15) is 0 Å². The first kappa shape index (κ1) is 19.2. The van der Waals surface area contributed by atoms with Crippen molar-refractivity contribution < 1.29 is 43.8 Å². The van der Waals surface area contributed by atoms with Gasteiger partial charge in [0.05, 0.1) is 9.82 Å². The fourth-order valence-corrected chi connectivity index (χ4v) is 4.05. The second-order valence-electron chi connectivity index (χ2n) is 4.64. The van der Waals surface area contributed by atoms with Crippen molar-refractivity contribution in [1.29, 1.82) is 0 Å². The number of hydrogen-bond donors (Lipinski definition) is 3. The Hall–Kier alpha value is -2.17. The molecular weight excluding hydrogens is 406 g/mol. The molecule has 0 aliphatic heterocycles. The lowest BCUT2D eigenvalue weighted by atomic mass is 10.1. The summed E-state index contributed by atoms with van der Waals surface area (Å²) in [5.74, 6) is 0. The minimum atomic E-state index is -5.13. The molecule has 12 nitrogen and oxygen atoms in total. The van der Waals surface area contributed by atoms with E-state index in [1.54, 1.807) is 0 Å². The van der Waals surface area contributed by atoms with E-state index < -0.39 is 66.4 Å². The van der Waals surface area contributed by atoms with Gasteiger partial charge in [0, 0.05) is 11.5 Å². The summed E-state index contributed by atoms with van der Waals surface area (Å²) >= 11 is 0. The zero-order valence-electron chi connectivity index (χ0n) is 11.6. The Bertz CT molecular complexity index is 1230. The van der Waals surface area contributed by atoms with Crippen LogP contribution in [0.5, 0.6) is 0 Å². The van der Waals surface area contributed by atoms with Gasteiger partial charge < -0.3 is 0 Å². The molecule has 2 aromatic rings. The second-order valence-corrected chi connectivity index (χ2v) is 8.85. The van der Waals surface area contributed by atoms with Crippen LogP contribution < -0.4 is 0 Å². The third-order valence-corrected chi connectivity index (χ3v) is 5.63. The van der Waals surface area contributed by atoms with E-state index in [0.29, 0.717) is 24.3 Å². The molecule has 0 aliphatic rings. The molecule has 136 valence electrons. The SMILES string of the molecule is O=[N+]([O-])c1cc2c(S(=O)(=O)O)cc(S(=O)(=O)O)cc2cc1S(=O)(=O)O. The zero-order chi connectivity index (χ0) is 19.4. The molecule has 0 aliphatic carbocycles. The summed E-state index contributed by atoms with van der Waals surface area (Å²) in [7, 11) is -15.2. The van der Waals surface area contributed by atoms with Crippen LogP contribution in [0.2, 0.25) is 0 Å². The largest absolute Gasteiger partial charge is 0.301 e. The van der Waals surface area contributed by atoms with Gasteiger partial charge in [-0.3, -0.25) is 23.8 Å². The quantitative estimate of drug-likeness (QED) is 0.357. The van der Waals surface area contributed by atoms with Gasteiger partial charge in [0.25, 0.3) is 25.9 Å². The lowest BCUT2D eigenvalue weighted by Crippen LogP contribution is -2.07. The van der Waals surface area contributed by atoms with Crippen molar-refractivity contribution in [3.8, 4) is 0 Å². The average Bonchev–Trinajstić information content (AvgIpc) is 2.41. The summed E-state index contributed by atoms with van der Waals surface area (Å²) < 4.78 is 95.1. The first-order chi connectivity index (χ1) is 11.1. The van der Waals surface area contributed by atoms with Crippen molar-refractivity contribution >= 4 is 46.8 Å². The van der Waals surface area contributed by atoms with Gasteiger partial charge >= 0.3 is 10.1 Å². The third-order valence-electron chi connectivity index (χ3n) is 3.02. The molecule has 15 heteroatoms. The van der Waals surface area contributed by atoms with Crippen LogP contribution >= 0.6 is 0 Å². The third kappa shape index (κ3) is 3.75. The minimum absolute atomic E-state index is 0.337. The van der Waals surface area contributed by atoms with Crippen molar-refractivity contribution in [2.45, 2.75) is 14.7 Å². The zero-order valence-corrected chi connectivity index (χ0v) is 14.0. The summed E-state index contributed by atoms with van der Waals surface area (Å²) in [6.07, 6.45) is 0. The topological polar surface area (TPSA) is 206 Å². The molecule has 25 heavy (non-hydrogen) atoms. The number of rotatable bonds is 4. The fourth-order valence-electron chi connectivity index (χ4n) is 2.03. The Kier molecular flexibility index (Phi) is 4.35. The fraction of sp³-hybridized carbons (Fsp3) is 0. The van der Waals surface area contributed by atoms with Crippen LogP contribution in [0, 0.1) is 10.1 Å². The number of nitro benzene ring substituents is 1. The summed E-state index contributed by atoms with van der Waals surface area (Å²) in [6, 6.07) is 1.81. The summed E-state index contributed by atoms with van der Waals surface area (Å²) in [6.45, 7) is 0. The molecule has 0 heterocycles. The molecule has 2 rings (SSSR count). The van der Waals surface area contributed by atoms with Crippen LogP contribution in [-0.4, -0.2) is 43.8 Å². The van der Waals surface area contributed by atoms with E-state index in [4.69, 9.17) is 9.11 Å². The van der Waals surface area contributed by atoms with Crippen molar-refractivity contribution in [2.75, 3.05) is 0 Å². The lowest BCUT2D eigenvalue weighted by Gasteiger charge is -2.09. The predicted octanol–water partition coefficient (Wildman–Crippen LogP) is 0.488. The predicted molar refractivity (Wildman–Crippen MR) is 80.0 cm³/mol. The molecule has 0 saturated heterocycles. The highest BCUT2D eigenvalue weighted by atomic mass is 32.2. The smallest absolute Gasteiger partial charge is 0.282 e. The van der Waals surface area contributed by atoms with Crippen LogP contribution in [0.4, 0.5) is 5.69 Å². The molecular formula is C10H7NO11S3. The Morgan fingerprint density at radius 1 is 0.760 bits per heavy atom. The molecule has 0 spiro atoms. The molecule has 0 aromatic heterocycles. The van der Waals surface area contributed by atoms with Gasteiger partial charge in [-0.25, -0.2) is 0 Å². The average molecular weight is 413 g/mol. The van der Waals surface area contributed by atoms with E-state index in [9.17, 15) is 39.9 Å². The highest BCUT2D eigenvalue weighted by molar-refractivity contribution is 7.87. The lowest BCUT2D eigenvalue weighted by molar-refractivity contribution is -0.387. The monoisotopic (exact) mass is 413 g/mol. The standard InChI is InChI=1S/C10H7NO11S3/c12-11(13)8-4-7-5(2-10(8)25(20,21)22)1-6(23(14,15)16)3-9(7)24(17,18)19/h1-4H,(H,14,15,16)(H,17,18,19)(H,20,21,22). The van der Waals surface area contributed by atoms with E-state index in [1.165, 1.54) is 0 Å². The number of nitro groups is 1. The molecule has 2 aromatic carbocycles. The maximum Gasteiger partial charge on any atom is 0.301 e. The molecule has 0 amide bonds. The normalized spacial score (nSPS) is 13.1. The molecule has 0 fully saturated rings. The molecule has 0 radical (unpaired) electrons. The maximum atomic E-state index is 11.4. The minimum Gasteiger partial charge on any atom is -0.282 e. The van der Waals surface area contributed by atoms with Gasteiger partial charge in [0.1, 0.15) is 4.90 Å². The number of nitrogens with zero attached hydrogens (tertiary/aromatic N) is 1. The Labute approximate surface area is 140 Å². The molecule has 0 atom stereocenters. The van der Waals surface area contributed by atoms with Crippen molar-refractivity contribution in [3.63, 3.8) is 0 Å². The second kappa shape index (κ2) is 5.68. The Morgan fingerprint density at radius 2 is 1.28 bits per heavy atom. The summed E-state index contributed by atoms with van der Waals surface area (Å²) in [5.41, 5.74) is -1.21. The van der Waals surface area contributed by atoms with Gasteiger partial charge in [0.2, 0.25) is 0 Å². The van der Waals surface area contributed by atoms with Gasteiger partial charge in [-0.2, -0.15) is 25.3 Å². The van der Waals surface area contributed by atoms with E-state index in [0.717, 1.165) is 0 Å². The molecule has 0 bridgehead atoms. The highest BCUT2D eigenvalue weighted by Gasteiger charge is 2.28. The van der Waals surface area contributed by atoms with E-state index >= 15 is 0 Å². The van der Waals surface area contributed by atoms with Gasteiger partial charge in [-0.15, -0.1) is 0 Å². The molecule has 0 unspecified atom stereocenters. The van der Waals surface area contributed by atoms with Crippen molar-refractivity contribution in [1.82, 2.24) is 0 Å². The molecule has 3 N–H and O–H groups in total. The first-order valence-electron chi connectivity index (χ1n) is 5.81. The van der Waals surface area contributed by atoms with Crippen molar-refractivity contribution in [3.05, 3.63) is 34.4 Å². The van der Waals surface area contributed by atoms with Crippen LogP contribution in [-0.2, 0) is 30.4 Å². The van der Waals surface area contributed by atoms with E-state index in [1.807, 2.05) is 0 Å².